The molecule has 8 nitrogen and oxygen atoms in total. The van der Waals surface area contributed by atoms with E-state index in [-0.39, 0.29) is 27.9 Å². The maximum Gasteiger partial charge on any atom is 0.244 e. The number of sulfone groups is 1. The second-order valence-electron chi connectivity index (χ2n) is 8.76. The van der Waals surface area contributed by atoms with Crippen molar-refractivity contribution >= 4 is 52.5 Å². The number of anilines is 1. The lowest BCUT2D eigenvalue weighted by Gasteiger charge is -2.34. The standard InChI is InChI=1S/C25H23N3O5S3/c1-16-7-9-19(10-8-16)36(32,33)28-15-18-6-4-3-5-17(18)13-22(28)24(29)27-25-26-21-12-11-20(35(2,30)31)14-23(21)34-25/h3-12,14,22H,13,15H2,1-2H3,(H,26,27,29)/t22-/m0/s1. The van der Waals surface area contributed by atoms with Crippen molar-refractivity contribution in [3.63, 3.8) is 0 Å². The van der Waals surface area contributed by atoms with Crippen molar-refractivity contribution in [3.8, 4) is 0 Å². The molecule has 11 heteroatoms. The van der Waals surface area contributed by atoms with Gasteiger partial charge in [0.1, 0.15) is 6.04 Å². The van der Waals surface area contributed by atoms with E-state index in [1.54, 1.807) is 30.3 Å². The molecular weight excluding hydrogens is 518 g/mol. The smallest absolute Gasteiger partial charge is 0.244 e. The SMILES string of the molecule is Cc1ccc(S(=O)(=O)N2Cc3ccccc3C[C@H]2C(=O)Nc2nc3ccc(S(C)(=O)=O)cc3s2)cc1. The zero-order chi connectivity index (χ0) is 25.7. The summed E-state index contributed by atoms with van der Waals surface area (Å²) >= 11 is 1.14. The van der Waals surface area contributed by atoms with Crippen LogP contribution >= 0.6 is 11.3 Å². The van der Waals surface area contributed by atoms with E-state index in [0.29, 0.717) is 10.2 Å². The van der Waals surface area contributed by atoms with Gasteiger partial charge in [-0.05, 0) is 54.8 Å². The van der Waals surface area contributed by atoms with Crippen LogP contribution in [0, 0.1) is 6.92 Å². The second kappa shape index (κ2) is 9.07. The number of thiazole rings is 1. The van der Waals surface area contributed by atoms with Gasteiger partial charge >= 0.3 is 0 Å². The van der Waals surface area contributed by atoms with E-state index >= 15 is 0 Å². The molecule has 2 heterocycles. The zero-order valence-corrected chi connectivity index (χ0v) is 22.0. The largest absolute Gasteiger partial charge is 0.301 e. The second-order valence-corrected chi connectivity index (χ2v) is 13.7. The van der Waals surface area contributed by atoms with Gasteiger partial charge in [0.2, 0.25) is 15.9 Å². The van der Waals surface area contributed by atoms with E-state index in [9.17, 15) is 21.6 Å². The monoisotopic (exact) mass is 541 g/mol. The number of aromatic nitrogens is 1. The van der Waals surface area contributed by atoms with Gasteiger partial charge in [-0.25, -0.2) is 21.8 Å². The molecule has 1 aliphatic rings. The fraction of sp³-hybridized carbons (Fsp3) is 0.200. The minimum absolute atomic E-state index is 0.0715. The minimum atomic E-state index is -3.97. The summed E-state index contributed by atoms with van der Waals surface area (Å²) in [6, 6.07) is 17.6. The molecule has 1 aromatic heterocycles. The molecule has 0 saturated carbocycles. The number of amides is 1. The van der Waals surface area contributed by atoms with Gasteiger partial charge in [-0.2, -0.15) is 4.31 Å². The highest BCUT2D eigenvalue weighted by atomic mass is 32.2. The summed E-state index contributed by atoms with van der Waals surface area (Å²) in [5.74, 6) is -0.498. The van der Waals surface area contributed by atoms with Crippen molar-refractivity contribution in [1.29, 1.82) is 0 Å². The van der Waals surface area contributed by atoms with Crippen molar-refractivity contribution in [2.24, 2.45) is 0 Å². The summed E-state index contributed by atoms with van der Waals surface area (Å²) in [7, 11) is -7.35. The van der Waals surface area contributed by atoms with E-state index < -0.39 is 31.8 Å². The molecule has 0 unspecified atom stereocenters. The molecule has 0 aliphatic carbocycles. The predicted molar refractivity (Wildman–Crippen MR) is 139 cm³/mol. The Labute approximate surface area is 213 Å². The first kappa shape index (κ1) is 24.6. The minimum Gasteiger partial charge on any atom is -0.301 e. The Bertz CT molecular complexity index is 1690. The molecule has 0 saturated heterocycles. The van der Waals surface area contributed by atoms with Gasteiger partial charge in [0.25, 0.3) is 0 Å². The Morgan fingerprint density at radius 3 is 2.33 bits per heavy atom. The van der Waals surface area contributed by atoms with Gasteiger partial charge in [-0.15, -0.1) is 0 Å². The molecule has 0 bridgehead atoms. The molecular formula is C25H23N3O5S3. The van der Waals surface area contributed by atoms with Gasteiger partial charge in [-0.3, -0.25) is 4.79 Å². The van der Waals surface area contributed by atoms with Crippen LogP contribution in [0.3, 0.4) is 0 Å². The summed E-state index contributed by atoms with van der Waals surface area (Å²) in [5.41, 5.74) is 3.24. The third-order valence-electron chi connectivity index (χ3n) is 6.15. The van der Waals surface area contributed by atoms with Crippen LogP contribution in [0.15, 0.2) is 76.5 Å². The fourth-order valence-corrected chi connectivity index (χ4v) is 7.39. The number of carbonyl (C=O) groups is 1. The molecule has 0 spiro atoms. The number of sulfonamides is 1. The van der Waals surface area contributed by atoms with E-state index in [1.165, 1.54) is 16.4 Å². The molecule has 1 aliphatic heterocycles. The molecule has 0 fully saturated rings. The number of nitrogens with zero attached hydrogens (tertiary/aromatic N) is 2. The Morgan fingerprint density at radius 2 is 1.64 bits per heavy atom. The van der Waals surface area contributed by atoms with Crippen LogP contribution in [0.5, 0.6) is 0 Å². The Balaban J connectivity index is 1.49. The zero-order valence-electron chi connectivity index (χ0n) is 19.5. The molecule has 36 heavy (non-hydrogen) atoms. The molecule has 0 radical (unpaired) electrons. The topological polar surface area (TPSA) is 114 Å². The average Bonchev–Trinajstić information content (AvgIpc) is 3.24. The lowest BCUT2D eigenvalue weighted by atomic mass is 9.95. The number of carbonyl (C=O) groups excluding carboxylic acids is 1. The summed E-state index contributed by atoms with van der Waals surface area (Å²) in [5, 5.41) is 3.04. The van der Waals surface area contributed by atoms with Gasteiger partial charge in [0.05, 0.1) is 20.0 Å². The highest BCUT2D eigenvalue weighted by Crippen LogP contribution is 2.32. The van der Waals surface area contributed by atoms with E-state index in [2.05, 4.69) is 10.3 Å². The maximum atomic E-state index is 13.6. The normalized spacial score (nSPS) is 16.6. The fourth-order valence-electron chi connectivity index (χ4n) is 4.20. The molecule has 4 aromatic rings. The molecule has 3 aromatic carbocycles. The van der Waals surface area contributed by atoms with Crippen molar-refractivity contribution in [3.05, 3.63) is 83.4 Å². The summed E-state index contributed by atoms with van der Waals surface area (Å²) in [6.45, 7) is 1.95. The molecule has 1 atom stereocenters. The summed E-state index contributed by atoms with van der Waals surface area (Å²) in [6.07, 6.45) is 1.35. The van der Waals surface area contributed by atoms with E-state index in [4.69, 9.17) is 0 Å². The van der Waals surface area contributed by atoms with Crippen molar-refractivity contribution in [1.82, 2.24) is 9.29 Å². The van der Waals surface area contributed by atoms with Crippen LogP contribution in [0.4, 0.5) is 5.13 Å². The van der Waals surface area contributed by atoms with E-state index in [1.807, 2.05) is 31.2 Å². The van der Waals surface area contributed by atoms with Crippen LogP contribution in [0.2, 0.25) is 0 Å². The van der Waals surface area contributed by atoms with Crippen LogP contribution in [0.1, 0.15) is 16.7 Å². The quantitative estimate of drug-likeness (QED) is 0.412. The number of rotatable bonds is 5. The lowest BCUT2D eigenvalue weighted by Crippen LogP contribution is -2.50. The van der Waals surface area contributed by atoms with Crippen molar-refractivity contribution in [2.75, 3.05) is 11.6 Å². The Hall–Kier alpha value is -3.12. The number of fused-ring (bicyclic) bond motifs is 2. The maximum absolute atomic E-state index is 13.6. The number of benzene rings is 3. The van der Waals surface area contributed by atoms with Gasteiger partial charge in [-0.1, -0.05) is 53.3 Å². The van der Waals surface area contributed by atoms with Gasteiger partial charge in [0, 0.05) is 12.8 Å². The number of aryl methyl sites for hydroxylation is 1. The summed E-state index contributed by atoms with van der Waals surface area (Å²) < 4.78 is 52.9. The Kier molecular flexibility index (Phi) is 6.19. The molecule has 5 rings (SSSR count). The highest BCUT2D eigenvalue weighted by molar-refractivity contribution is 7.90. The molecule has 1 N–H and O–H groups in total. The predicted octanol–water partition coefficient (Wildman–Crippen LogP) is 3.76. The lowest BCUT2D eigenvalue weighted by molar-refractivity contribution is -0.120. The molecule has 1 amide bonds. The Morgan fingerprint density at radius 1 is 0.972 bits per heavy atom. The number of nitrogens with one attached hydrogen (secondary N) is 1. The number of hydrogen-bond donors (Lipinski definition) is 1. The van der Waals surface area contributed by atoms with Crippen molar-refractivity contribution in [2.45, 2.75) is 35.7 Å². The van der Waals surface area contributed by atoms with Gasteiger partial charge in [0.15, 0.2) is 15.0 Å². The van der Waals surface area contributed by atoms with E-state index in [0.717, 1.165) is 34.3 Å². The first-order chi connectivity index (χ1) is 17.0. The van der Waals surface area contributed by atoms with Crippen LogP contribution < -0.4 is 5.32 Å². The average molecular weight is 542 g/mol. The third-order valence-corrected chi connectivity index (χ3v) is 10.1. The number of hydrogen-bond acceptors (Lipinski definition) is 7. The third kappa shape index (κ3) is 4.66. The first-order valence-electron chi connectivity index (χ1n) is 11.1. The van der Waals surface area contributed by atoms with Crippen molar-refractivity contribution < 1.29 is 21.6 Å². The summed E-state index contributed by atoms with van der Waals surface area (Å²) in [4.78, 5) is 18.2. The van der Waals surface area contributed by atoms with Crippen LogP contribution in [0.25, 0.3) is 10.2 Å². The first-order valence-corrected chi connectivity index (χ1v) is 15.2. The molecule has 186 valence electrons. The highest BCUT2D eigenvalue weighted by Gasteiger charge is 2.39. The van der Waals surface area contributed by atoms with Crippen LogP contribution in [-0.4, -0.2) is 44.3 Å². The van der Waals surface area contributed by atoms with Crippen LogP contribution in [-0.2, 0) is 37.6 Å². The van der Waals surface area contributed by atoms with Gasteiger partial charge < -0.3 is 5.32 Å².